The molecule has 17 heavy (non-hydrogen) atoms. The Morgan fingerprint density at radius 1 is 1.35 bits per heavy atom. The SMILES string of the molecule is Cc1cccc(N)c1NC(=O)Cc1cccs1. The summed E-state index contributed by atoms with van der Waals surface area (Å²) in [5.41, 5.74) is 8.13. The monoisotopic (exact) mass is 246 g/mol. The molecule has 1 amide bonds. The number of hydrogen-bond donors (Lipinski definition) is 2. The van der Waals surface area contributed by atoms with Crippen molar-refractivity contribution in [1.29, 1.82) is 0 Å². The van der Waals surface area contributed by atoms with Gasteiger partial charge in [0.1, 0.15) is 0 Å². The number of para-hydroxylation sites is 1. The molecular formula is C13H14N2OS. The Morgan fingerprint density at radius 3 is 2.82 bits per heavy atom. The maximum absolute atomic E-state index is 11.8. The van der Waals surface area contributed by atoms with Crippen molar-refractivity contribution in [2.24, 2.45) is 0 Å². The van der Waals surface area contributed by atoms with Crippen molar-refractivity contribution in [3.8, 4) is 0 Å². The molecule has 1 aromatic heterocycles. The Bertz CT molecular complexity index is 500. The van der Waals surface area contributed by atoms with Gasteiger partial charge in [0.15, 0.2) is 0 Å². The van der Waals surface area contributed by atoms with Crippen LogP contribution in [0.5, 0.6) is 0 Å². The summed E-state index contributed by atoms with van der Waals surface area (Å²) in [4.78, 5) is 12.9. The number of nitrogens with two attached hydrogens (primary N) is 1. The zero-order valence-corrected chi connectivity index (χ0v) is 10.4. The highest BCUT2D eigenvalue weighted by Gasteiger charge is 2.08. The Hall–Kier alpha value is -1.81. The number of nitrogens with one attached hydrogen (secondary N) is 1. The van der Waals surface area contributed by atoms with Crippen molar-refractivity contribution >= 4 is 28.6 Å². The van der Waals surface area contributed by atoms with Gasteiger partial charge in [-0.2, -0.15) is 0 Å². The number of nitrogen functional groups attached to an aromatic ring is 1. The van der Waals surface area contributed by atoms with Crippen LogP contribution in [-0.4, -0.2) is 5.91 Å². The Labute approximate surface area is 104 Å². The molecule has 3 N–H and O–H groups in total. The highest BCUT2D eigenvalue weighted by atomic mass is 32.1. The predicted molar refractivity (Wildman–Crippen MR) is 72.2 cm³/mol. The summed E-state index contributed by atoms with van der Waals surface area (Å²) >= 11 is 1.58. The molecule has 0 bridgehead atoms. The minimum Gasteiger partial charge on any atom is -0.397 e. The van der Waals surface area contributed by atoms with E-state index in [9.17, 15) is 4.79 Å². The van der Waals surface area contributed by atoms with Gasteiger partial charge >= 0.3 is 0 Å². The van der Waals surface area contributed by atoms with E-state index in [0.29, 0.717) is 17.8 Å². The second-order valence-corrected chi connectivity index (χ2v) is 4.88. The maximum atomic E-state index is 11.8. The van der Waals surface area contributed by atoms with Crippen molar-refractivity contribution in [2.45, 2.75) is 13.3 Å². The van der Waals surface area contributed by atoms with Crippen molar-refractivity contribution in [2.75, 3.05) is 11.1 Å². The molecule has 0 aliphatic rings. The van der Waals surface area contributed by atoms with Crippen LogP contribution in [0, 0.1) is 6.92 Å². The average molecular weight is 246 g/mol. The zero-order chi connectivity index (χ0) is 12.3. The van der Waals surface area contributed by atoms with Crippen molar-refractivity contribution < 1.29 is 4.79 Å². The smallest absolute Gasteiger partial charge is 0.229 e. The van der Waals surface area contributed by atoms with Gasteiger partial charge < -0.3 is 11.1 Å². The highest BCUT2D eigenvalue weighted by Crippen LogP contribution is 2.22. The predicted octanol–water partition coefficient (Wildman–Crippen LogP) is 2.82. The van der Waals surface area contributed by atoms with Crippen LogP contribution in [0.3, 0.4) is 0 Å². The van der Waals surface area contributed by atoms with Gasteiger partial charge in [0.25, 0.3) is 0 Å². The lowest BCUT2D eigenvalue weighted by Crippen LogP contribution is -2.15. The van der Waals surface area contributed by atoms with E-state index in [1.54, 1.807) is 17.4 Å². The summed E-state index contributed by atoms with van der Waals surface area (Å²) in [7, 11) is 0. The molecule has 2 aromatic rings. The van der Waals surface area contributed by atoms with E-state index < -0.39 is 0 Å². The van der Waals surface area contributed by atoms with E-state index in [2.05, 4.69) is 5.32 Å². The van der Waals surface area contributed by atoms with E-state index in [1.807, 2.05) is 36.6 Å². The molecule has 0 aliphatic carbocycles. The highest BCUT2D eigenvalue weighted by molar-refractivity contribution is 7.10. The number of anilines is 2. The van der Waals surface area contributed by atoms with Gasteiger partial charge in [0.05, 0.1) is 17.8 Å². The second kappa shape index (κ2) is 5.01. The fourth-order valence-electron chi connectivity index (χ4n) is 1.62. The third-order valence-electron chi connectivity index (χ3n) is 2.48. The second-order valence-electron chi connectivity index (χ2n) is 3.84. The number of hydrogen-bond acceptors (Lipinski definition) is 3. The molecule has 0 radical (unpaired) electrons. The molecule has 0 saturated carbocycles. The molecule has 0 unspecified atom stereocenters. The van der Waals surface area contributed by atoms with Crippen molar-refractivity contribution in [1.82, 2.24) is 0 Å². The van der Waals surface area contributed by atoms with E-state index in [0.717, 1.165) is 10.4 Å². The van der Waals surface area contributed by atoms with Crippen molar-refractivity contribution in [3.63, 3.8) is 0 Å². The Kier molecular flexibility index (Phi) is 3.44. The largest absolute Gasteiger partial charge is 0.397 e. The molecular weight excluding hydrogens is 232 g/mol. The number of benzene rings is 1. The van der Waals surface area contributed by atoms with E-state index in [1.165, 1.54) is 0 Å². The molecule has 88 valence electrons. The fourth-order valence-corrected chi connectivity index (χ4v) is 2.32. The molecule has 2 rings (SSSR count). The Morgan fingerprint density at radius 2 is 2.18 bits per heavy atom. The summed E-state index contributed by atoms with van der Waals surface area (Å²) < 4.78 is 0. The summed E-state index contributed by atoms with van der Waals surface area (Å²) in [6, 6.07) is 9.48. The van der Waals surface area contributed by atoms with Gasteiger partial charge in [-0.05, 0) is 30.0 Å². The molecule has 1 aromatic carbocycles. The van der Waals surface area contributed by atoms with Crippen LogP contribution in [-0.2, 0) is 11.2 Å². The number of amides is 1. The molecule has 0 spiro atoms. The third kappa shape index (κ3) is 2.85. The van der Waals surface area contributed by atoms with Gasteiger partial charge in [0, 0.05) is 4.88 Å². The lowest BCUT2D eigenvalue weighted by atomic mass is 10.1. The number of aryl methyl sites for hydroxylation is 1. The minimum absolute atomic E-state index is 0.0338. The van der Waals surface area contributed by atoms with E-state index in [-0.39, 0.29) is 5.91 Å². The first-order valence-corrected chi connectivity index (χ1v) is 6.22. The van der Waals surface area contributed by atoms with Gasteiger partial charge in [-0.25, -0.2) is 0 Å². The van der Waals surface area contributed by atoms with Gasteiger partial charge in [-0.1, -0.05) is 18.2 Å². The molecule has 4 heteroatoms. The molecule has 0 saturated heterocycles. The van der Waals surface area contributed by atoms with Gasteiger partial charge in [0.2, 0.25) is 5.91 Å². The minimum atomic E-state index is -0.0338. The van der Waals surface area contributed by atoms with Gasteiger partial charge in [-0.3, -0.25) is 4.79 Å². The number of thiophene rings is 1. The van der Waals surface area contributed by atoms with Crippen LogP contribution in [0.15, 0.2) is 35.7 Å². The first-order valence-electron chi connectivity index (χ1n) is 5.34. The number of carbonyl (C=O) groups excluding carboxylic acids is 1. The molecule has 0 aliphatic heterocycles. The third-order valence-corrected chi connectivity index (χ3v) is 3.36. The van der Waals surface area contributed by atoms with Crippen LogP contribution >= 0.6 is 11.3 Å². The van der Waals surface area contributed by atoms with Crippen LogP contribution in [0.2, 0.25) is 0 Å². The van der Waals surface area contributed by atoms with Crippen LogP contribution in [0.4, 0.5) is 11.4 Å². The maximum Gasteiger partial charge on any atom is 0.229 e. The number of rotatable bonds is 3. The van der Waals surface area contributed by atoms with E-state index >= 15 is 0 Å². The quantitative estimate of drug-likeness (QED) is 0.818. The standard InChI is InChI=1S/C13H14N2OS/c1-9-4-2-6-11(14)13(9)15-12(16)8-10-5-3-7-17-10/h2-7H,8,14H2,1H3,(H,15,16). The summed E-state index contributed by atoms with van der Waals surface area (Å²) in [6.07, 6.45) is 0.394. The first-order chi connectivity index (χ1) is 8.16. The zero-order valence-electron chi connectivity index (χ0n) is 9.57. The topological polar surface area (TPSA) is 55.1 Å². The first kappa shape index (κ1) is 11.7. The molecule has 3 nitrogen and oxygen atoms in total. The molecule has 0 atom stereocenters. The average Bonchev–Trinajstić information content (AvgIpc) is 2.76. The van der Waals surface area contributed by atoms with E-state index in [4.69, 9.17) is 5.73 Å². The molecule has 1 heterocycles. The van der Waals surface area contributed by atoms with Crippen LogP contribution < -0.4 is 11.1 Å². The molecule has 0 fully saturated rings. The summed E-state index contributed by atoms with van der Waals surface area (Å²) in [5.74, 6) is -0.0338. The van der Waals surface area contributed by atoms with Crippen LogP contribution in [0.1, 0.15) is 10.4 Å². The Balaban J connectivity index is 2.08. The summed E-state index contributed by atoms with van der Waals surface area (Å²) in [6.45, 7) is 1.93. The lowest BCUT2D eigenvalue weighted by molar-refractivity contribution is -0.115. The number of carbonyl (C=O) groups is 1. The lowest BCUT2D eigenvalue weighted by Gasteiger charge is -2.10. The van der Waals surface area contributed by atoms with Crippen molar-refractivity contribution in [3.05, 3.63) is 46.2 Å². The van der Waals surface area contributed by atoms with Crippen LogP contribution in [0.25, 0.3) is 0 Å². The fraction of sp³-hybridized carbons (Fsp3) is 0.154. The summed E-state index contributed by atoms with van der Waals surface area (Å²) in [5, 5.41) is 4.82. The van der Waals surface area contributed by atoms with Gasteiger partial charge in [-0.15, -0.1) is 11.3 Å². The normalized spacial score (nSPS) is 10.2.